The van der Waals surface area contributed by atoms with E-state index < -0.39 is 11.6 Å². The highest BCUT2D eigenvalue weighted by Crippen LogP contribution is 2.30. The molecule has 0 bridgehead atoms. The van der Waals surface area contributed by atoms with Gasteiger partial charge in [0.2, 0.25) is 0 Å². The number of hydrogen-bond donors (Lipinski definition) is 0. The molecule has 20 heavy (non-hydrogen) atoms. The van der Waals surface area contributed by atoms with Crippen molar-refractivity contribution in [3.8, 4) is 11.5 Å². The number of carbonyl (C=O) groups is 1. The van der Waals surface area contributed by atoms with Crippen LogP contribution in [-0.2, 0) is 0 Å². The van der Waals surface area contributed by atoms with Crippen molar-refractivity contribution in [1.82, 2.24) is 0 Å². The molecule has 0 N–H and O–H groups in total. The van der Waals surface area contributed by atoms with Crippen LogP contribution < -0.4 is 4.74 Å². The van der Waals surface area contributed by atoms with Crippen molar-refractivity contribution in [1.29, 1.82) is 0 Å². The molecule has 0 spiro atoms. The molecule has 0 unspecified atom stereocenters. The van der Waals surface area contributed by atoms with E-state index in [1.54, 1.807) is 26.0 Å². The smallest absolute Gasteiger partial charge is 0.168 e. The van der Waals surface area contributed by atoms with E-state index in [1.807, 2.05) is 0 Å². The largest absolute Gasteiger partial charge is 0.453 e. The third kappa shape index (κ3) is 2.69. The van der Waals surface area contributed by atoms with Crippen LogP contribution in [0.4, 0.5) is 8.78 Å². The Morgan fingerprint density at radius 3 is 2.40 bits per heavy atom. The average Bonchev–Trinajstić information content (AvgIpc) is 2.38. The number of ether oxygens (including phenoxy) is 1. The lowest BCUT2D eigenvalue weighted by atomic mass is 10.1. The van der Waals surface area contributed by atoms with Crippen LogP contribution in [0.25, 0.3) is 0 Å². The van der Waals surface area contributed by atoms with Crippen molar-refractivity contribution in [2.45, 2.75) is 20.8 Å². The van der Waals surface area contributed by atoms with Gasteiger partial charge in [-0.2, -0.15) is 0 Å². The fraction of sp³-hybridized carbons (Fsp3) is 0.188. The molecule has 2 rings (SSSR count). The summed E-state index contributed by atoms with van der Waals surface area (Å²) in [6, 6.07) is 7.24. The van der Waals surface area contributed by atoms with Crippen molar-refractivity contribution in [3.05, 3.63) is 58.7 Å². The Bertz CT molecular complexity index is 678. The van der Waals surface area contributed by atoms with E-state index in [-0.39, 0.29) is 22.8 Å². The van der Waals surface area contributed by atoms with Gasteiger partial charge in [0.15, 0.2) is 17.3 Å². The van der Waals surface area contributed by atoms with E-state index in [0.717, 1.165) is 6.07 Å². The predicted octanol–water partition coefficient (Wildman–Crippen LogP) is 4.58. The molecule has 0 radical (unpaired) electrons. The molecule has 2 nitrogen and oxygen atoms in total. The molecule has 4 heteroatoms. The summed E-state index contributed by atoms with van der Waals surface area (Å²) < 4.78 is 32.9. The number of benzene rings is 2. The summed E-state index contributed by atoms with van der Waals surface area (Å²) in [7, 11) is 0. The summed E-state index contributed by atoms with van der Waals surface area (Å²) in [4.78, 5) is 11.5. The van der Waals surface area contributed by atoms with Crippen LogP contribution in [0.1, 0.15) is 28.4 Å². The second kappa shape index (κ2) is 5.41. The molecule has 0 aliphatic carbocycles. The zero-order valence-corrected chi connectivity index (χ0v) is 11.5. The van der Waals surface area contributed by atoms with Crippen molar-refractivity contribution in [3.63, 3.8) is 0 Å². The van der Waals surface area contributed by atoms with Crippen LogP contribution in [0.2, 0.25) is 0 Å². The van der Waals surface area contributed by atoms with Gasteiger partial charge in [-0.3, -0.25) is 4.79 Å². The lowest BCUT2D eigenvalue weighted by Gasteiger charge is -2.12. The van der Waals surface area contributed by atoms with Crippen molar-refractivity contribution >= 4 is 5.78 Å². The van der Waals surface area contributed by atoms with E-state index in [4.69, 9.17) is 4.74 Å². The zero-order valence-electron chi connectivity index (χ0n) is 11.5. The number of rotatable bonds is 3. The Balaban J connectivity index is 2.50. The van der Waals surface area contributed by atoms with E-state index >= 15 is 0 Å². The highest BCUT2D eigenvalue weighted by atomic mass is 19.1. The number of hydrogen-bond acceptors (Lipinski definition) is 2. The topological polar surface area (TPSA) is 26.3 Å². The minimum absolute atomic E-state index is 0.0125. The summed E-state index contributed by atoms with van der Waals surface area (Å²) in [5.74, 6) is -1.16. The second-order valence-corrected chi connectivity index (χ2v) is 4.64. The quantitative estimate of drug-likeness (QED) is 0.767. The van der Waals surface area contributed by atoms with Crippen molar-refractivity contribution in [2.75, 3.05) is 0 Å². The predicted molar refractivity (Wildman–Crippen MR) is 72.4 cm³/mol. The van der Waals surface area contributed by atoms with Crippen LogP contribution in [0, 0.1) is 25.5 Å². The zero-order chi connectivity index (χ0) is 14.9. The molecule has 0 amide bonds. The van der Waals surface area contributed by atoms with Gasteiger partial charge in [0, 0.05) is 0 Å². The molecule has 0 aromatic heterocycles. The molecule has 0 aliphatic heterocycles. The molecule has 104 valence electrons. The first-order chi connectivity index (χ1) is 9.40. The first-order valence-corrected chi connectivity index (χ1v) is 6.14. The maximum Gasteiger partial charge on any atom is 0.168 e. The molecule has 0 saturated heterocycles. The number of Topliss-reactive ketones (excluding diaryl/α,β-unsaturated/α-hetero) is 1. The van der Waals surface area contributed by atoms with Crippen LogP contribution in [0.3, 0.4) is 0 Å². The Hall–Kier alpha value is -2.23. The van der Waals surface area contributed by atoms with E-state index in [2.05, 4.69) is 0 Å². The van der Waals surface area contributed by atoms with Gasteiger partial charge in [-0.15, -0.1) is 0 Å². The molecule has 0 atom stereocenters. The summed E-state index contributed by atoms with van der Waals surface area (Å²) >= 11 is 0. The third-order valence-corrected chi connectivity index (χ3v) is 3.02. The normalized spacial score (nSPS) is 10.4. The molecule has 2 aromatic rings. The van der Waals surface area contributed by atoms with Gasteiger partial charge in [-0.05, 0) is 50.1 Å². The standard InChI is InChI=1S/C16H14F2O2/c1-9-5-4-6-14(16(9)18)20-15-7-10(2)13(17)8-12(15)11(3)19/h4-8H,1-3H3. The van der Waals surface area contributed by atoms with E-state index in [9.17, 15) is 13.6 Å². The van der Waals surface area contributed by atoms with Gasteiger partial charge in [0.1, 0.15) is 11.6 Å². The molecular weight excluding hydrogens is 262 g/mol. The highest BCUT2D eigenvalue weighted by Gasteiger charge is 2.15. The van der Waals surface area contributed by atoms with Crippen LogP contribution in [0.5, 0.6) is 11.5 Å². The van der Waals surface area contributed by atoms with Crippen LogP contribution in [-0.4, -0.2) is 5.78 Å². The Morgan fingerprint density at radius 1 is 1.05 bits per heavy atom. The first kappa shape index (κ1) is 14.2. The number of aryl methyl sites for hydroxylation is 2. The van der Waals surface area contributed by atoms with Crippen molar-refractivity contribution < 1.29 is 18.3 Å². The molecule has 2 aromatic carbocycles. The second-order valence-electron chi connectivity index (χ2n) is 4.64. The molecule has 0 saturated carbocycles. The minimum Gasteiger partial charge on any atom is -0.453 e. The van der Waals surface area contributed by atoms with E-state index in [0.29, 0.717) is 11.1 Å². The first-order valence-electron chi connectivity index (χ1n) is 6.14. The fourth-order valence-electron chi connectivity index (χ4n) is 1.83. The lowest BCUT2D eigenvalue weighted by Crippen LogP contribution is -2.01. The number of ketones is 1. The Labute approximate surface area is 116 Å². The van der Waals surface area contributed by atoms with Gasteiger partial charge < -0.3 is 4.74 Å². The third-order valence-electron chi connectivity index (χ3n) is 3.02. The summed E-state index contributed by atoms with van der Waals surface area (Å²) in [5, 5.41) is 0. The summed E-state index contributed by atoms with van der Waals surface area (Å²) in [5.41, 5.74) is 0.859. The molecule has 0 heterocycles. The van der Waals surface area contributed by atoms with Crippen LogP contribution >= 0.6 is 0 Å². The number of carbonyl (C=O) groups excluding carboxylic acids is 1. The van der Waals surface area contributed by atoms with Gasteiger partial charge in [-0.25, -0.2) is 8.78 Å². The van der Waals surface area contributed by atoms with Gasteiger partial charge >= 0.3 is 0 Å². The van der Waals surface area contributed by atoms with Crippen LogP contribution in [0.15, 0.2) is 30.3 Å². The average molecular weight is 276 g/mol. The maximum absolute atomic E-state index is 13.9. The summed E-state index contributed by atoms with van der Waals surface area (Å²) in [6.45, 7) is 4.48. The van der Waals surface area contributed by atoms with Gasteiger partial charge in [-0.1, -0.05) is 12.1 Å². The van der Waals surface area contributed by atoms with Gasteiger partial charge in [0.25, 0.3) is 0 Å². The monoisotopic (exact) mass is 276 g/mol. The molecular formula is C16H14F2O2. The molecule has 0 fully saturated rings. The molecule has 0 aliphatic rings. The fourth-order valence-corrected chi connectivity index (χ4v) is 1.83. The minimum atomic E-state index is -0.496. The van der Waals surface area contributed by atoms with Gasteiger partial charge in [0.05, 0.1) is 5.56 Å². The lowest BCUT2D eigenvalue weighted by molar-refractivity contribution is 0.101. The van der Waals surface area contributed by atoms with Crippen molar-refractivity contribution in [2.24, 2.45) is 0 Å². The maximum atomic E-state index is 13.9. The highest BCUT2D eigenvalue weighted by molar-refractivity contribution is 5.97. The number of halogens is 2. The SMILES string of the molecule is CC(=O)c1cc(F)c(C)cc1Oc1cccc(C)c1F. The summed E-state index contributed by atoms with van der Waals surface area (Å²) in [6.07, 6.45) is 0. The van der Waals surface area contributed by atoms with E-state index in [1.165, 1.54) is 19.1 Å². The Morgan fingerprint density at radius 2 is 1.75 bits per heavy atom. The Kier molecular flexibility index (Phi) is 3.84.